The number of thioether (sulfide) groups is 1. The summed E-state index contributed by atoms with van der Waals surface area (Å²) in [6.07, 6.45) is 5.77. The van der Waals surface area contributed by atoms with Crippen molar-refractivity contribution in [1.82, 2.24) is 5.32 Å². The zero-order chi connectivity index (χ0) is 25.9. The molecule has 3 rings (SSSR count). The summed E-state index contributed by atoms with van der Waals surface area (Å²) in [4.78, 5) is 24.9. The van der Waals surface area contributed by atoms with E-state index in [4.69, 9.17) is 0 Å². The van der Waals surface area contributed by atoms with Crippen LogP contribution in [0.3, 0.4) is 0 Å². The van der Waals surface area contributed by atoms with E-state index < -0.39 is 12.0 Å². The normalized spacial score (nSPS) is 11.6. The lowest BCUT2D eigenvalue weighted by atomic mass is 9.93. The van der Waals surface area contributed by atoms with Crippen molar-refractivity contribution in [1.29, 1.82) is 0 Å². The molecular weight excluding hydrogens is 468 g/mol. The van der Waals surface area contributed by atoms with Gasteiger partial charge in [0.25, 0.3) is 5.91 Å². The molecule has 36 heavy (non-hydrogen) atoms. The first-order valence-electron chi connectivity index (χ1n) is 12.5. The Morgan fingerprint density at radius 2 is 1.69 bits per heavy atom. The number of aliphatic carboxylic acids is 1. The standard InChI is InChI=1S/C30H36N2O3S/c1-4-5-9-22-11-14-24(15-12-22)31-20-23-13-16-26(27(19-23)25-10-7-6-8-21(25)2)29(33)32-28(30(34)35)17-18-36-3/h6-8,10-16,19,28,31H,4-5,9,17-18,20H2,1-3H3,(H,32,33)(H,34,35). The molecule has 1 amide bonds. The van der Waals surface area contributed by atoms with E-state index in [2.05, 4.69) is 41.8 Å². The molecule has 3 aromatic carbocycles. The number of unbranched alkanes of at least 4 members (excludes halogenated alkanes) is 1. The second-order valence-electron chi connectivity index (χ2n) is 8.99. The minimum Gasteiger partial charge on any atom is -0.480 e. The Labute approximate surface area is 218 Å². The maximum Gasteiger partial charge on any atom is 0.326 e. The summed E-state index contributed by atoms with van der Waals surface area (Å²) in [6.45, 7) is 4.83. The molecule has 1 unspecified atom stereocenters. The zero-order valence-corrected chi connectivity index (χ0v) is 22.2. The van der Waals surface area contributed by atoms with Gasteiger partial charge in [-0.05, 0) is 90.3 Å². The van der Waals surface area contributed by atoms with Crippen molar-refractivity contribution >= 4 is 29.3 Å². The molecule has 0 aromatic heterocycles. The molecule has 6 heteroatoms. The van der Waals surface area contributed by atoms with Crippen LogP contribution in [0.4, 0.5) is 5.69 Å². The number of carbonyl (C=O) groups is 2. The van der Waals surface area contributed by atoms with Gasteiger partial charge < -0.3 is 15.7 Å². The molecule has 0 aliphatic carbocycles. The van der Waals surface area contributed by atoms with Crippen LogP contribution < -0.4 is 10.6 Å². The molecule has 0 radical (unpaired) electrons. The number of nitrogens with one attached hydrogen (secondary N) is 2. The molecule has 0 spiro atoms. The van der Waals surface area contributed by atoms with Crippen molar-refractivity contribution in [3.8, 4) is 11.1 Å². The number of rotatable bonds is 13. The second-order valence-corrected chi connectivity index (χ2v) is 9.98. The monoisotopic (exact) mass is 504 g/mol. The van der Waals surface area contributed by atoms with Crippen LogP contribution in [0, 0.1) is 6.92 Å². The van der Waals surface area contributed by atoms with Gasteiger partial charge in [0.15, 0.2) is 0 Å². The van der Waals surface area contributed by atoms with Crippen molar-refractivity contribution in [2.24, 2.45) is 0 Å². The number of hydrogen-bond donors (Lipinski definition) is 3. The Kier molecular flexibility index (Phi) is 10.4. The highest BCUT2D eigenvalue weighted by Crippen LogP contribution is 2.29. The number of carbonyl (C=O) groups excluding carboxylic acids is 1. The van der Waals surface area contributed by atoms with Gasteiger partial charge in [0.1, 0.15) is 6.04 Å². The van der Waals surface area contributed by atoms with Crippen LogP contribution in [0.5, 0.6) is 0 Å². The van der Waals surface area contributed by atoms with Crippen molar-refractivity contribution < 1.29 is 14.7 Å². The lowest BCUT2D eigenvalue weighted by Crippen LogP contribution is -2.41. The van der Waals surface area contributed by atoms with E-state index in [0.717, 1.165) is 34.4 Å². The van der Waals surface area contributed by atoms with E-state index in [1.54, 1.807) is 17.8 Å². The first kappa shape index (κ1) is 27.3. The lowest BCUT2D eigenvalue weighted by Gasteiger charge is -2.18. The van der Waals surface area contributed by atoms with Gasteiger partial charge in [-0.3, -0.25) is 4.79 Å². The van der Waals surface area contributed by atoms with Gasteiger partial charge in [0.05, 0.1) is 0 Å². The van der Waals surface area contributed by atoms with Crippen molar-refractivity contribution in [3.63, 3.8) is 0 Å². The fourth-order valence-corrected chi connectivity index (χ4v) is 4.57. The minimum atomic E-state index is -1.02. The quantitative estimate of drug-likeness (QED) is 0.246. The smallest absolute Gasteiger partial charge is 0.326 e. The Balaban J connectivity index is 1.83. The molecule has 0 aliphatic heterocycles. The lowest BCUT2D eigenvalue weighted by molar-refractivity contribution is -0.139. The molecule has 1 atom stereocenters. The highest BCUT2D eigenvalue weighted by Gasteiger charge is 2.22. The largest absolute Gasteiger partial charge is 0.480 e. The fraction of sp³-hybridized carbons (Fsp3) is 0.333. The van der Waals surface area contributed by atoms with Gasteiger partial charge in [-0.1, -0.05) is 55.8 Å². The van der Waals surface area contributed by atoms with Crippen LogP contribution in [-0.2, 0) is 17.8 Å². The molecule has 0 heterocycles. The molecule has 3 aromatic rings. The van der Waals surface area contributed by atoms with Gasteiger partial charge in [-0.2, -0.15) is 11.8 Å². The molecule has 0 fully saturated rings. The summed E-state index contributed by atoms with van der Waals surface area (Å²) < 4.78 is 0. The molecule has 190 valence electrons. The van der Waals surface area contributed by atoms with E-state index in [1.165, 1.54) is 18.4 Å². The second kappa shape index (κ2) is 13.7. The molecule has 0 bridgehead atoms. The Bertz CT molecular complexity index is 1160. The Hall–Kier alpha value is -3.25. The van der Waals surface area contributed by atoms with Crippen molar-refractivity contribution in [3.05, 3.63) is 89.0 Å². The van der Waals surface area contributed by atoms with Gasteiger partial charge in [0, 0.05) is 17.8 Å². The van der Waals surface area contributed by atoms with Gasteiger partial charge in [-0.25, -0.2) is 4.79 Å². The molecular formula is C30H36N2O3S. The minimum absolute atomic E-state index is 0.371. The number of anilines is 1. The average Bonchev–Trinajstić information content (AvgIpc) is 2.89. The third-order valence-corrected chi connectivity index (χ3v) is 6.89. The molecule has 0 saturated heterocycles. The summed E-state index contributed by atoms with van der Waals surface area (Å²) in [7, 11) is 0. The zero-order valence-electron chi connectivity index (χ0n) is 21.3. The summed E-state index contributed by atoms with van der Waals surface area (Å²) in [5, 5.41) is 15.8. The molecule has 5 nitrogen and oxygen atoms in total. The number of aryl methyl sites for hydroxylation is 2. The highest BCUT2D eigenvalue weighted by atomic mass is 32.2. The van der Waals surface area contributed by atoms with E-state index in [-0.39, 0.29) is 5.91 Å². The number of benzene rings is 3. The van der Waals surface area contributed by atoms with E-state index in [0.29, 0.717) is 24.3 Å². The summed E-state index contributed by atoms with van der Waals surface area (Å²) in [6, 6.07) is 21.3. The molecule has 0 aliphatic rings. The van der Waals surface area contributed by atoms with Crippen molar-refractivity contribution in [2.45, 2.75) is 52.1 Å². The van der Waals surface area contributed by atoms with Gasteiger partial charge >= 0.3 is 5.97 Å². The number of carboxylic acids is 1. The van der Waals surface area contributed by atoms with Crippen molar-refractivity contribution in [2.75, 3.05) is 17.3 Å². The van der Waals surface area contributed by atoms with Crippen LogP contribution in [0.2, 0.25) is 0 Å². The van der Waals surface area contributed by atoms with Crippen LogP contribution in [0.25, 0.3) is 11.1 Å². The average molecular weight is 505 g/mol. The summed E-state index contributed by atoms with van der Waals surface area (Å²) >= 11 is 1.56. The Morgan fingerprint density at radius 1 is 0.972 bits per heavy atom. The van der Waals surface area contributed by atoms with E-state index >= 15 is 0 Å². The van der Waals surface area contributed by atoms with E-state index in [1.807, 2.05) is 49.6 Å². The van der Waals surface area contributed by atoms with Crippen LogP contribution >= 0.6 is 11.8 Å². The number of carboxylic acid groups (broad SMARTS) is 1. The Morgan fingerprint density at radius 3 is 2.36 bits per heavy atom. The SMILES string of the molecule is CCCCc1ccc(NCc2ccc(C(=O)NC(CCSC)C(=O)O)c(-c3ccccc3C)c2)cc1. The summed E-state index contributed by atoms with van der Waals surface area (Å²) in [5.41, 5.74) is 6.72. The number of hydrogen-bond acceptors (Lipinski definition) is 4. The van der Waals surface area contributed by atoms with Crippen LogP contribution in [0.1, 0.15) is 53.2 Å². The first-order valence-corrected chi connectivity index (χ1v) is 13.9. The first-order chi connectivity index (χ1) is 17.4. The molecule has 0 saturated carbocycles. The van der Waals surface area contributed by atoms with E-state index in [9.17, 15) is 14.7 Å². The van der Waals surface area contributed by atoms with Crippen LogP contribution in [-0.4, -0.2) is 35.0 Å². The van der Waals surface area contributed by atoms with Gasteiger partial charge in [0.2, 0.25) is 0 Å². The highest BCUT2D eigenvalue weighted by molar-refractivity contribution is 7.98. The molecule has 3 N–H and O–H groups in total. The van der Waals surface area contributed by atoms with Crippen LogP contribution in [0.15, 0.2) is 66.7 Å². The summed E-state index contributed by atoms with van der Waals surface area (Å²) in [5.74, 6) is -0.730. The predicted molar refractivity (Wildman–Crippen MR) is 151 cm³/mol. The third kappa shape index (κ3) is 7.62. The predicted octanol–water partition coefficient (Wildman–Crippen LogP) is 6.55. The maximum atomic E-state index is 13.2. The maximum absolute atomic E-state index is 13.2. The fourth-order valence-electron chi connectivity index (χ4n) is 4.10. The third-order valence-electron chi connectivity index (χ3n) is 6.25. The number of amides is 1. The topological polar surface area (TPSA) is 78.4 Å². The van der Waals surface area contributed by atoms with Gasteiger partial charge in [-0.15, -0.1) is 0 Å².